The highest BCUT2D eigenvalue weighted by Crippen LogP contribution is 2.26. The highest BCUT2D eigenvalue weighted by molar-refractivity contribution is 6.12. The van der Waals surface area contributed by atoms with Gasteiger partial charge in [0.2, 0.25) is 0 Å². The van der Waals surface area contributed by atoms with Crippen LogP contribution in [0.4, 0.5) is 5.69 Å². The van der Waals surface area contributed by atoms with E-state index >= 15 is 0 Å². The van der Waals surface area contributed by atoms with Crippen LogP contribution in [-0.2, 0) is 6.54 Å². The van der Waals surface area contributed by atoms with Gasteiger partial charge >= 0.3 is 0 Å². The molecule has 2 heterocycles. The van der Waals surface area contributed by atoms with Crippen LogP contribution in [0.25, 0.3) is 11.0 Å². The molecule has 0 aliphatic rings. The Labute approximate surface area is 175 Å². The predicted molar refractivity (Wildman–Crippen MR) is 118 cm³/mol. The SMILES string of the molecule is CCOc1ccccc1NC(=O)c1cc(C)nc2c1cnn2Cc1ccc(C)cc1. The van der Waals surface area contributed by atoms with E-state index in [1.807, 2.05) is 42.8 Å². The minimum atomic E-state index is -0.215. The lowest BCUT2D eigenvalue weighted by atomic mass is 10.1. The summed E-state index contributed by atoms with van der Waals surface area (Å²) in [5.41, 5.74) is 4.98. The number of aromatic nitrogens is 3. The number of anilines is 1. The Morgan fingerprint density at radius 2 is 1.87 bits per heavy atom. The molecule has 2 aromatic heterocycles. The van der Waals surface area contributed by atoms with Crippen LogP contribution in [0.5, 0.6) is 5.75 Å². The average molecular weight is 400 g/mol. The van der Waals surface area contributed by atoms with Gasteiger partial charge in [-0.2, -0.15) is 5.10 Å². The van der Waals surface area contributed by atoms with Gasteiger partial charge in [-0.1, -0.05) is 42.0 Å². The molecule has 0 atom stereocenters. The average Bonchev–Trinajstić information content (AvgIpc) is 3.13. The topological polar surface area (TPSA) is 69.0 Å². The second-order valence-corrected chi connectivity index (χ2v) is 7.22. The predicted octanol–water partition coefficient (Wildman–Crippen LogP) is 4.75. The van der Waals surface area contributed by atoms with Crippen LogP contribution in [0.15, 0.2) is 60.8 Å². The van der Waals surface area contributed by atoms with Crippen molar-refractivity contribution in [3.8, 4) is 5.75 Å². The molecule has 4 rings (SSSR count). The maximum Gasteiger partial charge on any atom is 0.256 e. The van der Waals surface area contributed by atoms with Crippen LogP contribution in [-0.4, -0.2) is 27.3 Å². The fourth-order valence-corrected chi connectivity index (χ4v) is 3.38. The first-order valence-corrected chi connectivity index (χ1v) is 9.97. The normalized spacial score (nSPS) is 10.9. The van der Waals surface area contributed by atoms with Crippen molar-refractivity contribution in [2.24, 2.45) is 0 Å². The molecule has 0 fully saturated rings. The Morgan fingerprint density at radius 3 is 2.63 bits per heavy atom. The molecule has 0 saturated heterocycles. The molecule has 6 nitrogen and oxygen atoms in total. The van der Waals surface area contributed by atoms with Gasteiger partial charge in [0, 0.05) is 5.69 Å². The third-order valence-electron chi connectivity index (χ3n) is 4.87. The lowest BCUT2D eigenvalue weighted by Crippen LogP contribution is -2.14. The van der Waals surface area contributed by atoms with Gasteiger partial charge in [0.05, 0.1) is 36.0 Å². The molecule has 6 heteroatoms. The number of pyridine rings is 1. The van der Waals surface area contributed by atoms with Gasteiger partial charge < -0.3 is 10.1 Å². The number of benzene rings is 2. The largest absolute Gasteiger partial charge is 0.492 e. The second-order valence-electron chi connectivity index (χ2n) is 7.22. The van der Waals surface area contributed by atoms with Crippen molar-refractivity contribution in [2.75, 3.05) is 11.9 Å². The Kier molecular flexibility index (Phi) is 5.48. The third-order valence-corrected chi connectivity index (χ3v) is 4.87. The Balaban J connectivity index is 1.67. The van der Waals surface area contributed by atoms with E-state index in [0.717, 1.165) is 16.6 Å². The number of aryl methyl sites for hydroxylation is 2. The molecule has 0 bridgehead atoms. The molecule has 0 unspecified atom stereocenters. The van der Waals surface area contributed by atoms with Gasteiger partial charge in [0.1, 0.15) is 5.75 Å². The smallest absolute Gasteiger partial charge is 0.256 e. The van der Waals surface area contributed by atoms with Gasteiger partial charge in [-0.3, -0.25) is 4.79 Å². The fourth-order valence-electron chi connectivity index (χ4n) is 3.38. The molecule has 4 aromatic rings. The van der Waals surface area contributed by atoms with Crippen molar-refractivity contribution in [1.29, 1.82) is 0 Å². The van der Waals surface area contributed by atoms with Crippen molar-refractivity contribution in [1.82, 2.24) is 14.8 Å². The summed E-state index contributed by atoms with van der Waals surface area (Å²) in [6.07, 6.45) is 1.71. The first-order valence-electron chi connectivity index (χ1n) is 9.97. The Hall–Kier alpha value is -3.67. The fraction of sp³-hybridized carbons (Fsp3) is 0.208. The van der Waals surface area contributed by atoms with Gasteiger partial charge in [-0.05, 0) is 44.5 Å². The summed E-state index contributed by atoms with van der Waals surface area (Å²) >= 11 is 0. The molecule has 0 aliphatic heterocycles. The van der Waals surface area contributed by atoms with Gasteiger partial charge in [0.15, 0.2) is 5.65 Å². The Morgan fingerprint density at radius 1 is 1.10 bits per heavy atom. The molecular weight excluding hydrogens is 376 g/mol. The van der Waals surface area contributed by atoms with E-state index in [1.165, 1.54) is 5.56 Å². The first kappa shape index (κ1) is 19.6. The zero-order chi connectivity index (χ0) is 21.1. The number of fused-ring (bicyclic) bond motifs is 1. The maximum absolute atomic E-state index is 13.1. The van der Waals surface area contributed by atoms with Crippen LogP contribution < -0.4 is 10.1 Å². The molecule has 2 aromatic carbocycles. The summed E-state index contributed by atoms with van der Waals surface area (Å²) < 4.78 is 7.45. The monoisotopic (exact) mass is 400 g/mol. The zero-order valence-electron chi connectivity index (χ0n) is 17.3. The summed E-state index contributed by atoms with van der Waals surface area (Å²) in [4.78, 5) is 17.8. The summed E-state index contributed by atoms with van der Waals surface area (Å²) in [7, 11) is 0. The molecule has 30 heavy (non-hydrogen) atoms. The van der Waals surface area contributed by atoms with Crippen LogP contribution >= 0.6 is 0 Å². The van der Waals surface area contributed by atoms with E-state index in [2.05, 4.69) is 46.6 Å². The second kappa shape index (κ2) is 8.37. The number of para-hydroxylation sites is 2. The van der Waals surface area contributed by atoms with Crippen molar-refractivity contribution in [3.63, 3.8) is 0 Å². The number of amides is 1. The molecule has 0 radical (unpaired) electrons. The number of carbonyl (C=O) groups is 1. The number of ether oxygens (including phenoxy) is 1. The lowest BCUT2D eigenvalue weighted by molar-refractivity contribution is 0.102. The number of carbonyl (C=O) groups excluding carboxylic acids is 1. The maximum atomic E-state index is 13.1. The summed E-state index contributed by atoms with van der Waals surface area (Å²) in [5, 5.41) is 8.19. The molecule has 152 valence electrons. The third kappa shape index (κ3) is 4.03. The van der Waals surface area contributed by atoms with Gasteiger partial charge in [-0.25, -0.2) is 9.67 Å². The first-order chi connectivity index (χ1) is 14.5. The highest BCUT2D eigenvalue weighted by atomic mass is 16.5. The zero-order valence-corrected chi connectivity index (χ0v) is 17.3. The standard InChI is InChI=1S/C24H24N4O2/c1-4-30-22-8-6-5-7-21(22)27-24(29)19-13-17(3)26-23-20(19)14-25-28(23)15-18-11-9-16(2)10-12-18/h5-14H,4,15H2,1-3H3,(H,27,29). The number of hydrogen-bond acceptors (Lipinski definition) is 4. The van der Waals surface area contributed by atoms with Crippen molar-refractivity contribution in [3.05, 3.63) is 83.2 Å². The molecule has 0 spiro atoms. The summed E-state index contributed by atoms with van der Waals surface area (Å²) in [6.45, 7) is 6.97. The molecule has 0 saturated carbocycles. The molecule has 1 amide bonds. The van der Waals surface area contributed by atoms with Crippen LogP contribution in [0, 0.1) is 13.8 Å². The number of rotatable bonds is 6. The summed E-state index contributed by atoms with van der Waals surface area (Å²) in [6, 6.07) is 17.5. The van der Waals surface area contributed by atoms with E-state index in [9.17, 15) is 4.79 Å². The number of nitrogens with zero attached hydrogens (tertiary/aromatic N) is 3. The van der Waals surface area contributed by atoms with Crippen LogP contribution in [0.3, 0.4) is 0 Å². The molecular formula is C24H24N4O2. The minimum Gasteiger partial charge on any atom is -0.492 e. The van der Waals surface area contributed by atoms with E-state index in [1.54, 1.807) is 12.3 Å². The quantitative estimate of drug-likeness (QED) is 0.507. The van der Waals surface area contributed by atoms with Crippen molar-refractivity contribution < 1.29 is 9.53 Å². The van der Waals surface area contributed by atoms with Crippen molar-refractivity contribution in [2.45, 2.75) is 27.3 Å². The highest BCUT2D eigenvalue weighted by Gasteiger charge is 2.17. The summed E-state index contributed by atoms with van der Waals surface area (Å²) in [5.74, 6) is 0.429. The van der Waals surface area contributed by atoms with E-state index in [-0.39, 0.29) is 5.91 Å². The van der Waals surface area contributed by atoms with E-state index in [4.69, 9.17) is 4.74 Å². The van der Waals surface area contributed by atoms with E-state index < -0.39 is 0 Å². The Bertz CT molecular complexity index is 1200. The lowest BCUT2D eigenvalue weighted by Gasteiger charge is -2.12. The number of hydrogen-bond donors (Lipinski definition) is 1. The van der Waals surface area contributed by atoms with Gasteiger partial charge in [0.25, 0.3) is 5.91 Å². The van der Waals surface area contributed by atoms with Gasteiger partial charge in [-0.15, -0.1) is 0 Å². The molecule has 0 aliphatic carbocycles. The van der Waals surface area contributed by atoms with Crippen LogP contribution in [0.2, 0.25) is 0 Å². The molecule has 1 N–H and O–H groups in total. The van der Waals surface area contributed by atoms with E-state index in [0.29, 0.717) is 35.8 Å². The van der Waals surface area contributed by atoms with Crippen molar-refractivity contribution >= 4 is 22.6 Å². The number of nitrogens with one attached hydrogen (secondary N) is 1. The minimum absolute atomic E-state index is 0.215. The van der Waals surface area contributed by atoms with Crippen LogP contribution in [0.1, 0.15) is 34.1 Å².